The van der Waals surface area contributed by atoms with Gasteiger partial charge in [0.25, 0.3) is 5.91 Å². The zero-order chi connectivity index (χ0) is 12.7. The third kappa shape index (κ3) is 6.31. The number of rotatable bonds is 6. The first-order valence-corrected chi connectivity index (χ1v) is 5.88. The summed E-state index contributed by atoms with van der Waals surface area (Å²) in [5.41, 5.74) is 0. The minimum absolute atomic E-state index is 0. The molecule has 0 atom stereocenters. The molecule has 0 aliphatic heterocycles. The maximum Gasteiger partial charge on any atom is 0.257 e. The highest BCUT2D eigenvalue weighted by Gasteiger charge is 2.04. The van der Waals surface area contributed by atoms with Gasteiger partial charge in [0.05, 0.1) is 10.0 Å². The van der Waals surface area contributed by atoms with Crippen molar-refractivity contribution in [2.24, 2.45) is 0 Å². The molecule has 1 rings (SSSR count). The Morgan fingerprint density at radius 2 is 2.00 bits per heavy atom. The van der Waals surface area contributed by atoms with Crippen LogP contribution in [0.2, 0.25) is 10.0 Å². The molecule has 4 nitrogen and oxygen atoms in total. The summed E-state index contributed by atoms with van der Waals surface area (Å²) in [5.74, 6) is 0.342. The summed E-state index contributed by atoms with van der Waals surface area (Å²) in [4.78, 5) is 11.3. The Labute approximate surface area is 122 Å². The molecule has 1 aromatic rings. The van der Waals surface area contributed by atoms with Gasteiger partial charge < -0.3 is 15.4 Å². The van der Waals surface area contributed by atoms with Gasteiger partial charge in [-0.3, -0.25) is 4.79 Å². The molecule has 2 N–H and O–H groups in total. The Bertz CT molecular complexity index is 389. The van der Waals surface area contributed by atoms with Crippen LogP contribution in [-0.2, 0) is 4.79 Å². The Morgan fingerprint density at radius 3 is 2.61 bits per heavy atom. The van der Waals surface area contributed by atoms with Gasteiger partial charge in [0.1, 0.15) is 5.75 Å². The van der Waals surface area contributed by atoms with E-state index in [0.29, 0.717) is 22.3 Å². The zero-order valence-corrected chi connectivity index (χ0v) is 12.2. The van der Waals surface area contributed by atoms with Crippen molar-refractivity contribution in [3.05, 3.63) is 28.2 Å². The van der Waals surface area contributed by atoms with Crippen molar-refractivity contribution in [3.63, 3.8) is 0 Å². The van der Waals surface area contributed by atoms with Crippen molar-refractivity contribution >= 4 is 41.5 Å². The maximum atomic E-state index is 11.3. The van der Waals surface area contributed by atoms with Crippen molar-refractivity contribution in [1.29, 1.82) is 0 Å². The van der Waals surface area contributed by atoms with E-state index in [9.17, 15) is 4.79 Å². The monoisotopic (exact) mass is 312 g/mol. The molecule has 18 heavy (non-hydrogen) atoms. The lowest BCUT2D eigenvalue weighted by Gasteiger charge is -2.07. The van der Waals surface area contributed by atoms with Gasteiger partial charge in [-0.05, 0) is 19.2 Å². The van der Waals surface area contributed by atoms with Gasteiger partial charge in [0, 0.05) is 19.2 Å². The van der Waals surface area contributed by atoms with E-state index in [2.05, 4.69) is 10.6 Å². The molecular weight excluding hydrogens is 298 g/mol. The molecule has 0 unspecified atom stereocenters. The summed E-state index contributed by atoms with van der Waals surface area (Å²) in [7, 11) is 1.82. The number of halogens is 3. The smallest absolute Gasteiger partial charge is 0.257 e. The number of carbonyl (C=O) groups excluding carboxylic acids is 1. The minimum Gasteiger partial charge on any atom is -0.484 e. The highest BCUT2D eigenvalue weighted by atomic mass is 35.5. The molecular formula is C11H15Cl3N2O2. The average molecular weight is 314 g/mol. The van der Waals surface area contributed by atoms with Crippen LogP contribution in [0.15, 0.2) is 18.2 Å². The summed E-state index contributed by atoms with van der Waals surface area (Å²) >= 11 is 11.6. The van der Waals surface area contributed by atoms with Crippen LogP contribution in [0.4, 0.5) is 0 Å². The van der Waals surface area contributed by atoms with Gasteiger partial charge in [-0.2, -0.15) is 0 Å². The summed E-state index contributed by atoms with van der Waals surface area (Å²) in [6.07, 6.45) is 0. The van der Waals surface area contributed by atoms with Crippen molar-refractivity contribution in [2.75, 3.05) is 26.7 Å². The number of amides is 1. The topological polar surface area (TPSA) is 50.4 Å². The van der Waals surface area contributed by atoms with E-state index >= 15 is 0 Å². The fourth-order valence-corrected chi connectivity index (χ4v) is 1.38. The second-order valence-electron chi connectivity index (χ2n) is 3.32. The first kappa shape index (κ1) is 17.3. The van der Waals surface area contributed by atoms with Crippen LogP contribution in [0.1, 0.15) is 0 Å². The molecule has 0 heterocycles. The number of likely N-dealkylation sites (N-methyl/N-ethyl adjacent to an activating group) is 1. The highest BCUT2D eigenvalue weighted by molar-refractivity contribution is 6.42. The van der Waals surface area contributed by atoms with E-state index in [1.54, 1.807) is 18.2 Å². The molecule has 0 aliphatic carbocycles. The molecule has 0 aromatic heterocycles. The lowest BCUT2D eigenvalue weighted by atomic mass is 10.3. The van der Waals surface area contributed by atoms with Crippen LogP contribution in [0.25, 0.3) is 0 Å². The minimum atomic E-state index is -0.175. The summed E-state index contributed by atoms with van der Waals surface area (Å²) in [5, 5.41) is 6.48. The number of ether oxygens (including phenoxy) is 1. The van der Waals surface area contributed by atoms with Crippen LogP contribution >= 0.6 is 35.6 Å². The van der Waals surface area contributed by atoms with Gasteiger partial charge >= 0.3 is 0 Å². The van der Waals surface area contributed by atoms with Crippen LogP contribution in [0, 0.1) is 0 Å². The molecule has 1 amide bonds. The van der Waals surface area contributed by atoms with Crippen molar-refractivity contribution < 1.29 is 9.53 Å². The number of hydrogen-bond donors (Lipinski definition) is 2. The number of hydrogen-bond acceptors (Lipinski definition) is 3. The van der Waals surface area contributed by atoms with E-state index in [1.807, 2.05) is 7.05 Å². The van der Waals surface area contributed by atoms with Crippen LogP contribution in [-0.4, -0.2) is 32.7 Å². The summed E-state index contributed by atoms with van der Waals surface area (Å²) in [6.45, 7) is 1.25. The largest absolute Gasteiger partial charge is 0.484 e. The molecule has 0 saturated carbocycles. The van der Waals surface area contributed by atoms with Gasteiger partial charge in [0.2, 0.25) is 0 Å². The van der Waals surface area contributed by atoms with Crippen LogP contribution in [0.5, 0.6) is 5.75 Å². The van der Waals surface area contributed by atoms with E-state index < -0.39 is 0 Å². The molecule has 0 radical (unpaired) electrons. The third-order valence-electron chi connectivity index (χ3n) is 1.96. The molecule has 0 spiro atoms. The average Bonchev–Trinajstić information content (AvgIpc) is 2.31. The van der Waals surface area contributed by atoms with Crippen LogP contribution in [0.3, 0.4) is 0 Å². The highest BCUT2D eigenvalue weighted by Crippen LogP contribution is 2.26. The number of carbonyl (C=O) groups is 1. The zero-order valence-electron chi connectivity index (χ0n) is 9.83. The molecule has 0 aliphatic rings. The number of nitrogens with one attached hydrogen (secondary N) is 2. The lowest BCUT2D eigenvalue weighted by molar-refractivity contribution is -0.123. The number of benzene rings is 1. The van der Waals surface area contributed by atoms with Gasteiger partial charge in [-0.25, -0.2) is 0 Å². The van der Waals surface area contributed by atoms with Gasteiger partial charge in [0.15, 0.2) is 6.61 Å². The molecule has 0 bridgehead atoms. The predicted octanol–water partition coefficient (Wildman–Crippen LogP) is 2.13. The SMILES string of the molecule is CNCCNC(=O)COc1ccc(Cl)c(Cl)c1.Cl. The van der Waals surface area contributed by atoms with E-state index in [0.717, 1.165) is 6.54 Å². The van der Waals surface area contributed by atoms with Gasteiger partial charge in [-0.1, -0.05) is 23.2 Å². The van der Waals surface area contributed by atoms with Crippen LogP contribution < -0.4 is 15.4 Å². The summed E-state index contributed by atoms with van der Waals surface area (Å²) < 4.78 is 5.26. The lowest BCUT2D eigenvalue weighted by Crippen LogP contribution is -2.33. The Morgan fingerprint density at radius 1 is 1.28 bits per heavy atom. The van der Waals surface area contributed by atoms with Gasteiger partial charge in [-0.15, -0.1) is 12.4 Å². The maximum absolute atomic E-state index is 11.3. The van der Waals surface area contributed by atoms with E-state index in [1.165, 1.54) is 0 Å². The molecule has 1 aromatic carbocycles. The van der Waals surface area contributed by atoms with E-state index in [4.69, 9.17) is 27.9 Å². The van der Waals surface area contributed by atoms with E-state index in [-0.39, 0.29) is 24.9 Å². The second-order valence-corrected chi connectivity index (χ2v) is 4.13. The quantitative estimate of drug-likeness (QED) is 0.791. The van der Waals surface area contributed by atoms with Crippen molar-refractivity contribution in [3.8, 4) is 5.75 Å². The standard InChI is InChI=1S/C11H14Cl2N2O2.ClH/c1-14-4-5-15-11(16)7-17-8-2-3-9(12)10(13)6-8;/h2-3,6,14H,4-5,7H2,1H3,(H,15,16);1H. The molecule has 0 saturated heterocycles. The summed E-state index contributed by atoms with van der Waals surface area (Å²) in [6, 6.07) is 4.86. The molecule has 102 valence electrons. The first-order valence-electron chi connectivity index (χ1n) is 5.12. The fourth-order valence-electron chi connectivity index (χ4n) is 1.09. The van der Waals surface area contributed by atoms with Crippen molar-refractivity contribution in [2.45, 2.75) is 0 Å². The molecule has 7 heteroatoms. The second kappa shape index (κ2) is 9.28. The third-order valence-corrected chi connectivity index (χ3v) is 2.70. The Hall–Kier alpha value is -0.680. The predicted molar refractivity (Wildman–Crippen MR) is 76.1 cm³/mol. The molecule has 0 fully saturated rings. The Kier molecular flexibility index (Phi) is 8.93. The van der Waals surface area contributed by atoms with Crippen molar-refractivity contribution in [1.82, 2.24) is 10.6 Å². The first-order chi connectivity index (χ1) is 8.13. The fraction of sp³-hybridized carbons (Fsp3) is 0.364. The normalized spacial score (nSPS) is 9.50. The Balaban J connectivity index is 0.00000289.